The summed E-state index contributed by atoms with van der Waals surface area (Å²) in [6.07, 6.45) is 3.55. The van der Waals surface area contributed by atoms with E-state index in [9.17, 15) is 18.0 Å². The summed E-state index contributed by atoms with van der Waals surface area (Å²) in [4.78, 5) is 24.3. The molecule has 2 fully saturated rings. The molecular formula is C27H33N3O4S. The standard InChI is InChI=1S/C27H33N3O4S/c1-4-26(31)29-24-14-22-16-30(17-23(22)15-24)35(33,34)25-9-7-21(8-10-25)27(32)28-12-11-20-6-5-18(2)19(3)13-20/h4-10,13,22-24H,1,11-12,14-17H2,2-3H3,(H,28,32)(H,29,31). The third-order valence-corrected chi connectivity index (χ3v) is 9.12. The average molecular weight is 496 g/mol. The molecule has 1 heterocycles. The maximum absolute atomic E-state index is 13.2. The molecule has 2 aliphatic rings. The molecule has 0 aromatic heterocycles. The minimum Gasteiger partial charge on any atom is -0.352 e. The number of amides is 2. The van der Waals surface area contributed by atoms with Crippen LogP contribution in [0.15, 0.2) is 60.0 Å². The van der Waals surface area contributed by atoms with Gasteiger partial charge in [-0.15, -0.1) is 0 Å². The van der Waals surface area contributed by atoms with Crippen molar-refractivity contribution in [2.75, 3.05) is 19.6 Å². The van der Waals surface area contributed by atoms with Gasteiger partial charge in [0.05, 0.1) is 4.90 Å². The molecule has 2 unspecified atom stereocenters. The van der Waals surface area contributed by atoms with Crippen molar-refractivity contribution in [1.29, 1.82) is 0 Å². The zero-order chi connectivity index (χ0) is 25.2. The number of rotatable bonds is 8. The summed E-state index contributed by atoms with van der Waals surface area (Å²) in [5, 5.41) is 5.83. The molecule has 1 saturated heterocycles. The van der Waals surface area contributed by atoms with E-state index in [1.807, 2.05) is 0 Å². The number of nitrogens with zero attached hydrogens (tertiary/aromatic N) is 1. The van der Waals surface area contributed by atoms with Crippen LogP contribution in [0.1, 0.15) is 39.9 Å². The molecule has 0 bridgehead atoms. The molecule has 2 aromatic carbocycles. The number of hydrogen-bond acceptors (Lipinski definition) is 4. The van der Waals surface area contributed by atoms with Gasteiger partial charge in [0.25, 0.3) is 5.91 Å². The molecule has 2 N–H and O–H groups in total. The lowest BCUT2D eigenvalue weighted by Crippen LogP contribution is -2.35. The number of carbonyl (C=O) groups is 2. The van der Waals surface area contributed by atoms with Crippen LogP contribution in [0.25, 0.3) is 0 Å². The van der Waals surface area contributed by atoms with Crippen molar-refractivity contribution >= 4 is 21.8 Å². The zero-order valence-corrected chi connectivity index (χ0v) is 21.1. The normalized spacial score (nSPS) is 21.9. The van der Waals surface area contributed by atoms with Crippen molar-refractivity contribution in [3.8, 4) is 0 Å². The predicted molar refractivity (Wildman–Crippen MR) is 135 cm³/mol. The molecule has 4 rings (SSSR count). The molecule has 1 saturated carbocycles. The number of aryl methyl sites for hydroxylation is 2. The second-order valence-electron chi connectivity index (χ2n) is 9.67. The Morgan fingerprint density at radius 2 is 1.69 bits per heavy atom. The number of carbonyl (C=O) groups excluding carboxylic acids is 2. The van der Waals surface area contributed by atoms with Crippen LogP contribution in [0.4, 0.5) is 0 Å². The van der Waals surface area contributed by atoms with E-state index in [1.54, 1.807) is 12.1 Å². The van der Waals surface area contributed by atoms with E-state index >= 15 is 0 Å². The molecule has 0 spiro atoms. The molecule has 2 aromatic rings. The van der Waals surface area contributed by atoms with Gasteiger partial charge in [0.2, 0.25) is 15.9 Å². The largest absolute Gasteiger partial charge is 0.352 e. The fraction of sp³-hybridized carbons (Fsp3) is 0.407. The molecule has 0 radical (unpaired) electrons. The van der Waals surface area contributed by atoms with Crippen LogP contribution in [0.3, 0.4) is 0 Å². The lowest BCUT2D eigenvalue weighted by atomic mass is 10.0. The molecule has 1 aliphatic heterocycles. The summed E-state index contributed by atoms with van der Waals surface area (Å²) in [7, 11) is -3.63. The van der Waals surface area contributed by atoms with E-state index in [0.717, 1.165) is 19.3 Å². The number of fused-ring (bicyclic) bond motifs is 1. The van der Waals surface area contributed by atoms with Gasteiger partial charge >= 0.3 is 0 Å². The zero-order valence-electron chi connectivity index (χ0n) is 20.3. The van der Waals surface area contributed by atoms with Crippen molar-refractivity contribution < 1.29 is 18.0 Å². The van der Waals surface area contributed by atoms with E-state index in [4.69, 9.17) is 0 Å². The van der Waals surface area contributed by atoms with Gasteiger partial charge in [0.15, 0.2) is 0 Å². The molecule has 186 valence electrons. The Bertz CT molecular complexity index is 1210. The van der Waals surface area contributed by atoms with Gasteiger partial charge in [0, 0.05) is 31.2 Å². The summed E-state index contributed by atoms with van der Waals surface area (Å²) in [6.45, 7) is 9.03. The Morgan fingerprint density at radius 3 is 2.29 bits per heavy atom. The van der Waals surface area contributed by atoms with Crippen molar-refractivity contribution in [3.63, 3.8) is 0 Å². The van der Waals surface area contributed by atoms with E-state index in [0.29, 0.717) is 25.2 Å². The monoisotopic (exact) mass is 495 g/mol. The highest BCUT2D eigenvalue weighted by atomic mass is 32.2. The fourth-order valence-corrected chi connectivity index (χ4v) is 6.69. The van der Waals surface area contributed by atoms with Crippen LogP contribution in [-0.4, -0.2) is 50.2 Å². The van der Waals surface area contributed by atoms with Gasteiger partial charge in [-0.1, -0.05) is 24.8 Å². The number of hydrogen-bond donors (Lipinski definition) is 2. The van der Waals surface area contributed by atoms with Crippen LogP contribution in [0.2, 0.25) is 0 Å². The molecule has 1 aliphatic carbocycles. The summed E-state index contributed by atoms with van der Waals surface area (Å²) in [5.74, 6) is 0.0689. The maximum Gasteiger partial charge on any atom is 0.251 e. The SMILES string of the molecule is C=CC(=O)NC1CC2CN(S(=O)(=O)c3ccc(C(=O)NCCc4ccc(C)c(C)c4)cc3)CC2C1. The van der Waals surface area contributed by atoms with Crippen molar-refractivity contribution in [3.05, 3.63) is 77.4 Å². The lowest BCUT2D eigenvalue weighted by molar-refractivity contribution is -0.117. The second-order valence-corrected chi connectivity index (χ2v) is 11.6. The summed E-state index contributed by atoms with van der Waals surface area (Å²) < 4.78 is 27.9. The minimum absolute atomic E-state index is 0.0770. The summed E-state index contributed by atoms with van der Waals surface area (Å²) >= 11 is 0. The Kier molecular flexibility index (Phi) is 7.42. The van der Waals surface area contributed by atoms with Gasteiger partial charge in [-0.2, -0.15) is 4.31 Å². The van der Waals surface area contributed by atoms with Crippen LogP contribution in [-0.2, 0) is 21.2 Å². The molecular weight excluding hydrogens is 462 g/mol. The van der Waals surface area contributed by atoms with Crippen LogP contribution < -0.4 is 10.6 Å². The molecule has 8 heteroatoms. The van der Waals surface area contributed by atoms with E-state index < -0.39 is 10.0 Å². The van der Waals surface area contributed by atoms with Gasteiger partial charge in [-0.25, -0.2) is 8.42 Å². The van der Waals surface area contributed by atoms with Crippen LogP contribution >= 0.6 is 0 Å². The Hall–Kier alpha value is -2.97. The first-order valence-corrected chi connectivity index (χ1v) is 13.5. The smallest absolute Gasteiger partial charge is 0.251 e. The second kappa shape index (κ2) is 10.3. The van der Waals surface area contributed by atoms with Crippen molar-refractivity contribution in [1.82, 2.24) is 14.9 Å². The highest BCUT2D eigenvalue weighted by molar-refractivity contribution is 7.89. The number of nitrogens with one attached hydrogen (secondary N) is 2. The highest BCUT2D eigenvalue weighted by Gasteiger charge is 2.45. The van der Waals surface area contributed by atoms with Gasteiger partial charge in [-0.05, 0) is 92.0 Å². The highest BCUT2D eigenvalue weighted by Crippen LogP contribution is 2.40. The third kappa shape index (κ3) is 5.65. The quantitative estimate of drug-likeness (QED) is 0.551. The van der Waals surface area contributed by atoms with Crippen molar-refractivity contribution in [2.45, 2.75) is 44.0 Å². The van der Waals surface area contributed by atoms with E-state index in [2.05, 4.69) is 49.3 Å². The minimum atomic E-state index is -3.63. The molecule has 2 atom stereocenters. The maximum atomic E-state index is 13.2. The van der Waals surface area contributed by atoms with Gasteiger partial charge in [-0.3, -0.25) is 9.59 Å². The Labute approximate surface area is 207 Å². The van der Waals surface area contributed by atoms with Crippen molar-refractivity contribution in [2.24, 2.45) is 11.8 Å². The number of sulfonamides is 1. The third-order valence-electron chi connectivity index (χ3n) is 7.27. The Balaban J connectivity index is 1.31. The van der Waals surface area contributed by atoms with Gasteiger partial charge in [0.1, 0.15) is 0 Å². The summed E-state index contributed by atoms with van der Waals surface area (Å²) in [6, 6.07) is 12.5. The summed E-state index contributed by atoms with van der Waals surface area (Å²) in [5.41, 5.74) is 4.07. The van der Waals surface area contributed by atoms with Crippen LogP contribution in [0.5, 0.6) is 0 Å². The topological polar surface area (TPSA) is 95.6 Å². The average Bonchev–Trinajstić information content (AvgIpc) is 3.40. The number of benzene rings is 2. The van der Waals surface area contributed by atoms with E-state index in [1.165, 1.54) is 39.2 Å². The lowest BCUT2D eigenvalue weighted by Gasteiger charge is -2.19. The first kappa shape index (κ1) is 25.1. The van der Waals surface area contributed by atoms with Crippen LogP contribution in [0, 0.1) is 25.7 Å². The Morgan fingerprint density at radius 1 is 1.03 bits per heavy atom. The fourth-order valence-electron chi connectivity index (χ4n) is 5.14. The molecule has 7 nitrogen and oxygen atoms in total. The predicted octanol–water partition coefficient (Wildman–Crippen LogP) is 2.98. The van der Waals surface area contributed by atoms with Gasteiger partial charge < -0.3 is 10.6 Å². The molecule has 35 heavy (non-hydrogen) atoms. The first-order chi connectivity index (χ1) is 16.7. The molecule has 2 amide bonds. The van der Waals surface area contributed by atoms with E-state index in [-0.39, 0.29) is 34.6 Å². The first-order valence-electron chi connectivity index (χ1n) is 12.0.